The van der Waals surface area contributed by atoms with E-state index in [4.69, 9.17) is 9.84 Å². The predicted octanol–water partition coefficient (Wildman–Crippen LogP) is 1.59. The molecule has 0 saturated carbocycles. The van der Waals surface area contributed by atoms with Gasteiger partial charge in [0.05, 0.1) is 13.7 Å². The van der Waals surface area contributed by atoms with Crippen molar-refractivity contribution < 1.29 is 14.6 Å². The molecule has 1 heterocycles. The fourth-order valence-electron chi connectivity index (χ4n) is 3.12. The number of ether oxygens (including phenoxy) is 1. The first-order valence-corrected chi connectivity index (χ1v) is 8.47. The average Bonchev–Trinajstić information content (AvgIpc) is 2.57. The van der Waals surface area contributed by atoms with Crippen LogP contribution in [0.2, 0.25) is 0 Å². The number of rotatable bonds is 8. The summed E-state index contributed by atoms with van der Waals surface area (Å²) in [4.78, 5) is 14.3. The molecule has 1 fully saturated rings. The van der Waals surface area contributed by atoms with Crippen molar-refractivity contribution in [3.05, 3.63) is 29.8 Å². The summed E-state index contributed by atoms with van der Waals surface area (Å²) >= 11 is 0. The van der Waals surface area contributed by atoms with Gasteiger partial charge >= 0.3 is 0 Å². The van der Waals surface area contributed by atoms with Crippen molar-refractivity contribution in [2.45, 2.75) is 38.1 Å². The molecule has 1 saturated heterocycles. The first-order valence-electron chi connectivity index (χ1n) is 8.47. The number of aliphatic hydroxyl groups excluding tert-OH is 1. The van der Waals surface area contributed by atoms with E-state index in [9.17, 15) is 4.79 Å². The van der Waals surface area contributed by atoms with Crippen molar-refractivity contribution in [1.82, 2.24) is 10.2 Å². The molecule has 23 heavy (non-hydrogen) atoms. The molecule has 128 valence electrons. The van der Waals surface area contributed by atoms with Crippen LogP contribution in [0.3, 0.4) is 0 Å². The van der Waals surface area contributed by atoms with E-state index >= 15 is 0 Å². The average molecular weight is 320 g/mol. The number of carbonyl (C=O) groups excluding carboxylic acids is 1. The van der Waals surface area contributed by atoms with Crippen LogP contribution >= 0.6 is 0 Å². The molecule has 1 aliphatic heterocycles. The lowest BCUT2D eigenvalue weighted by Gasteiger charge is -2.34. The van der Waals surface area contributed by atoms with Crippen molar-refractivity contribution in [3.8, 4) is 5.75 Å². The van der Waals surface area contributed by atoms with Gasteiger partial charge in [-0.25, -0.2) is 0 Å². The second-order valence-electron chi connectivity index (χ2n) is 6.08. The molecule has 0 aromatic heterocycles. The van der Waals surface area contributed by atoms with Crippen molar-refractivity contribution in [1.29, 1.82) is 0 Å². The molecule has 1 aliphatic rings. The maximum Gasteiger partial charge on any atom is 0.234 e. The number of hydrogen-bond donors (Lipinski definition) is 2. The van der Waals surface area contributed by atoms with Gasteiger partial charge in [0, 0.05) is 19.2 Å². The highest BCUT2D eigenvalue weighted by Crippen LogP contribution is 2.18. The molecule has 0 aliphatic carbocycles. The minimum Gasteiger partial charge on any atom is -0.497 e. The lowest BCUT2D eigenvalue weighted by Crippen LogP contribution is -2.46. The van der Waals surface area contributed by atoms with E-state index < -0.39 is 0 Å². The molecule has 1 aromatic carbocycles. The third-order valence-electron chi connectivity index (χ3n) is 4.45. The molecule has 5 nitrogen and oxygen atoms in total. The molecule has 0 radical (unpaired) electrons. The summed E-state index contributed by atoms with van der Waals surface area (Å²) in [5, 5.41) is 12.1. The van der Waals surface area contributed by atoms with Crippen molar-refractivity contribution in [2.24, 2.45) is 0 Å². The van der Waals surface area contributed by atoms with Crippen LogP contribution in [0, 0.1) is 0 Å². The Kier molecular flexibility index (Phi) is 7.36. The van der Waals surface area contributed by atoms with Crippen LogP contribution in [0.1, 0.15) is 31.2 Å². The van der Waals surface area contributed by atoms with E-state index in [2.05, 4.69) is 10.2 Å². The maximum absolute atomic E-state index is 12.1. The van der Waals surface area contributed by atoms with E-state index in [0.717, 1.165) is 38.0 Å². The summed E-state index contributed by atoms with van der Waals surface area (Å²) in [6.45, 7) is 2.23. The van der Waals surface area contributed by atoms with Gasteiger partial charge < -0.3 is 15.2 Å². The molecule has 1 unspecified atom stereocenters. The first kappa shape index (κ1) is 17.8. The molecule has 0 bridgehead atoms. The second kappa shape index (κ2) is 9.53. The zero-order valence-electron chi connectivity index (χ0n) is 14.0. The van der Waals surface area contributed by atoms with Crippen LogP contribution in [0.4, 0.5) is 0 Å². The largest absolute Gasteiger partial charge is 0.497 e. The second-order valence-corrected chi connectivity index (χ2v) is 6.08. The van der Waals surface area contributed by atoms with E-state index in [1.807, 2.05) is 24.3 Å². The zero-order chi connectivity index (χ0) is 16.5. The number of aliphatic hydroxyl groups is 1. The molecular formula is C18H28N2O3. The number of carbonyl (C=O) groups is 1. The quantitative estimate of drug-likeness (QED) is 0.764. The summed E-state index contributed by atoms with van der Waals surface area (Å²) in [5.74, 6) is 0.918. The van der Waals surface area contributed by atoms with Gasteiger partial charge in [0.1, 0.15) is 5.75 Å². The Balaban J connectivity index is 1.71. The SMILES string of the molecule is COc1ccc(CCNC(=O)CN2CCCCC2CCO)cc1. The highest BCUT2D eigenvalue weighted by atomic mass is 16.5. The highest BCUT2D eigenvalue weighted by molar-refractivity contribution is 5.78. The van der Waals surface area contributed by atoms with Gasteiger partial charge in [0.15, 0.2) is 0 Å². The van der Waals surface area contributed by atoms with E-state index in [1.54, 1.807) is 7.11 Å². The smallest absolute Gasteiger partial charge is 0.234 e. The van der Waals surface area contributed by atoms with Crippen molar-refractivity contribution in [3.63, 3.8) is 0 Å². The Labute approximate surface area is 138 Å². The molecule has 1 aromatic rings. The van der Waals surface area contributed by atoms with Gasteiger partial charge in [-0.2, -0.15) is 0 Å². The van der Waals surface area contributed by atoms with Crippen LogP contribution in [-0.4, -0.2) is 55.3 Å². The fraction of sp³-hybridized carbons (Fsp3) is 0.611. The number of hydrogen-bond acceptors (Lipinski definition) is 4. The molecule has 1 atom stereocenters. The molecule has 1 amide bonds. The molecule has 5 heteroatoms. The third kappa shape index (κ3) is 5.84. The normalized spacial score (nSPS) is 18.6. The number of benzene rings is 1. The van der Waals surface area contributed by atoms with Gasteiger partial charge in [0.2, 0.25) is 5.91 Å². The van der Waals surface area contributed by atoms with Gasteiger partial charge in [-0.15, -0.1) is 0 Å². The van der Waals surface area contributed by atoms with Crippen LogP contribution in [-0.2, 0) is 11.2 Å². The summed E-state index contributed by atoms with van der Waals surface area (Å²) in [6.07, 6.45) is 5.00. The number of amides is 1. The van der Waals surface area contributed by atoms with Gasteiger partial charge in [-0.1, -0.05) is 18.6 Å². The first-order chi connectivity index (χ1) is 11.2. The third-order valence-corrected chi connectivity index (χ3v) is 4.45. The van der Waals surface area contributed by atoms with E-state index in [0.29, 0.717) is 19.1 Å². The maximum atomic E-state index is 12.1. The number of nitrogens with zero attached hydrogens (tertiary/aromatic N) is 1. The van der Waals surface area contributed by atoms with Crippen LogP contribution in [0.25, 0.3) is 0 Å². The standard InChI is InChI=1S/C18H28N2O3/c1-23-17-7-5-15(6-8-17)9-11-19-18(22)14-20-12-3-2-4-16(20)10-13-21/h5-8,16,21H,2-4,9-14H2,1H3,(H,19,22). The predicted molar refractivity (Wildman–Crippen MR) is 90.6 cm³/mol. The number of nitrogens with one attached hydrogen (secondary N) is 1. The number of likely N-dealkylation sites (tertiary alicyclic amines) is 1. The van der Waals surface area contributed by atoms with Crippen molar-refractivity contribution >= 4 is 5.91 Å². The molecular weight excluding hydrogens is 292 g/mol. The number of piperidine rings is 1. The molecule has 2 N–H and O–H groups in total. The van der Waals surface area contributed by atoms with Crippen LogP contribution in [0.5, 0.6) is 5.75 Å². The molecule has 0 spiro atoms. The minimum atomic E-state index is 0.0725. The van der Waals surface area contributed by atoms with Gasteiger partial charge in [0.25, 0.3) is 0 Å². The summed E-state index contributed by atoms with van der Waals surface area (Å²) in [5.41, 5.74) is 1.18. The highest BCUT2D eigenvalue weighted by Gasteiger charge is 2.23. The van der Waals surface area contributed by atoms with E-state index in [-0.39, 0.29) is 12.5 Å². The minimum absolute atomic E-state index is 0.0725. The van der Waals surface area contributed by atoms with Gasteiger partial charge in [-0.05, 0) is 49.9 Å². The Bertz CT molecular complexity index is 474. The van der Waals surface area contributed by atoms with E-state index in [1.165, 1.54) is 12.0 Å². The zero-order valence-corrected chi connectivity index (χ0v) is 14.0. The lowest BCUT2D eigenvalue weighted by atomic mass is 10.00. The van der Waals surface area contributed by atoms with Crippen molar-refractivity contribution in [2.75, 3.05) is 33.4 Å². The number of methoxy groups -OCH3 is 1. The monoisotopic (exact) mass is 320 g/mol. The molecule has 2 rings (SSSR count). The van der Waals surface area contributed by atoms with Gasteiger partial charge in [-0.3, -0.25) is 9.69 Å². The topological polar surface area (TPSA) is 61.8 Å². The Morgan fingerprint density at radius 1 is 1.35 bits per heavy atom. The lowest BCUT2D eigenvalue weighted by molar-refractivity contribution is -0.123. The Morgan fingerprint density at radius 3 is 2.83 bits per heavy atom. The van der Waals surface area contributed by atoms with Crippen LogP contribution < -0.4 is 10.1 Å². The fourth-order valence-corrected chi connectivity index (χ4v) is 3.12. The Morgan fingerprint density at radius 2 is 2.13 bits per heavy atom. The summed E-state index contributed by atoms with van der Waals surface area (Å²) in [6, 6.07) is 8.26. The Hall–Kier alpha value is -1.59. The van der Waals surface area contributed by atoms with Crippen LogP contribution in [0.15, 0.2) is 24.3 Å². The summed E-state index contributed by atoms with van der Waals surface area (Å²) in [7, 11) is 1.65. The summed E-state index contributed by atoms with van der Waals surface area (Å²) < 4.78 is 5.13.